The van der Waals surface area contributed by atoms with E-state index in [0.717, 1.165) is 20.6 Å². The zero-order chi connectivity index (χ0) is 18.1. The van der Waals surface area contributed by atoms with Gasteiger partial charge >= 0.3 is 12.2 Å². The number of rotatable bonds is 7. The number of hydrogen-bond donors (Lipinski definition) is 0. The Morgan fingerprint density at radius 2 is 1.58 bits per heavy atom. The van der Waals surface area contributed by atoms with Crippen LogP contribution in [0.2, 0.25) is 0 Å². The summed E-state index contributed by atoms with van der Waals surface area (Å²) in [6.07, 6.45) is -1.34. The topological polar surface area (TPSA) is 74.3 Å². The number of nitrogens with zero attached hydrogens (tertiary/aromatic N) is 1. The van der Waals surface area contributed by atoms with Crippen molar-refractivity contribution in [3.63, 3.8) is 0 Å². The number of carbonyl (C=O) groups is 2. The van der Waals surface area contributed by atoms with Crippen LogP contribution in [-0.2, 0) is 14.2 Å². The first kappa shape index (κ1) is 19.8. The minimum Gasteiger partial charge on any atom is -0.465 e. The number of imide groups is 1. The van der Waals surface area contributed by atoms with Crippen LogP contribution in [0.4, 0.5) is 9.59 Å². The molecule has 0 saturated heterocycles. The van der Waals surface area contributed by atoms with Gasteiger partial charge in [0.15, 0.2) is 6.29 Å². The van der Waals surface area contributed by atoms with Gasteiger partial charge in [-0.3, -0.25) is 0 Å². The van der Waals surface area contributed by atoms with Gasteiger partial charge in [0, 0.05) is 0 Å². The molecule has 0 aliphatic rings. The molecule has 0 spiro atoms. The first-order valence-corrected chi connectivity index (χ1v) is 7.74. The minimum atomic E-state index is -0.869. The van der Waals surface area contributed by atoms with Crippen molar-refractivity contribution in [3.05, 3.63) is 29.8 Å². The van der Waals surface area contributed by atoms with Crippen molar-refractivity contribution in [1.29, 1.82) is 0 Å². The molecule has 7 heteroatoms. The van der Waals surface area contributed by atoms with E-state index in [1.54, 1.807) is 6.92 Å². The molecular formula is C17H25NO6. The van der Waals surface area contributed by atoms with Crippen LogP contribution in [-0.4, -0.2) is 44.3 Å². The van der Waals surface area contributed by atoms with Gasteiger partial charge in [-0.25, -0.2) is 9.59 Å². The van der Waals surface area contributed by atoms with E-state index in [-0.39, 0.29) is 6.73 Å². The van der Waals surface area contributed by atoms with Gasteiger partial charge in [0.2, 0.25) is 0 Å². The molecule has 0 bridgehead atoms. The molecule has 2 atom stereocenters. The van der Waals surface area contributed by atoms with Gasteiger partial charge in [-0.05, 0) is 37.0 Å². The predicted octanol–water partition coefficient (Wildman–Crippen LogP) is 3.73. The number of carbonyl (C=O) groups excluding carboxylic acids is 2. The molecule has 134 valence electrons. The average molecular weight is 339 g/mol. The molecule has 0 radical (unpaired) electrons. The molecule has 0 aliphatic heterocycles. The molecule has 0 saturated carbocycles. The summed E-state index contributed by atoms with van der Waals surface area (Å²) in [6.45, 7) is 5.62. The quantitative estimate of drug-likeness (QED) is 0.705. The zero-order valence-electron chi connectivity index (χ0n) is 14.8. The van der Waals surface area contributed by atoms with Crippen LogP contribution < -0.4 is 4.74 Å². The highest BCUT2D eigenvalue weighted by atomic mass is 16.7. The second-order valence-electron chi connectivity index (χ2n) is 5.23. The molecule has 2 amide bonds. The third-order valence-corrected chi connectivity index (χ3v) is 3.59. The maximum atomic E-state index is 11.5. The Hall–Kier alpha value is -2.28. The maximum absolute atomic E-state index is 11.5. The molecule has 0 aromatic heterocycles. The summed E-state index contributed by atoms with van der Waals surface area (Å²) in [4.78, 5) is 23.7. The highest BCUT2D eigenvalue weighted by molar-refractivity contribution is 5.87. The Kier molecular flexibility index (Phi) is 8.05. The minimum absolute atomic E-state index is 0.342. The lowest BCUT2D eigenvalue weighted by Crippen LogP contribution is -2.40. The molecular weight excluding hydrogens is 314 g/mol. The lowest BCUT2D eigenvalue weighted by molar-refractivity contribution is -0.0962. The molecule has 0 N–H and O–H groups in total. The summed E-state index contributed by atoms with van der Waals surface area (Å²) < 4.78 is 20.0. The molecule has 1 aromatic rings. The lowest BCUT2D eigenvalue weighted by Gasteiger charge is -2.21. The molecule has 0 aliphatic carbocycles. The molecule has 1 aromatic carbocycles. The van der Waals surface area contributed by atoms with Crippen LogP contribution in [0.5, 0.6) is 5.75 Å². The van der Waals surface area contributed by atoms with E-state index in [0.29, 0.717) is 16.6 Å². The number of methoxy groups -OCH3 is 2. The predicted molar refractivity (Wildman–Crippen MR) is 87.8 cm³/mol. The van der Waals surface area contributed by atoms with E-state index in [9.17, 15) is 9.59 Å². The first-order chi connectivity index (χ1) is 11.4. The number of ether oxygens (including phenoxy) is 4. The van der Waals surface area contributed by atoms with Gasteiger partial charge in [-0.2, -0.15) is 4.90 Å². The Balaban J connectivity index is 2.57. The van der Waals surface area contributed by atoms with Crippen molar-refractivity contribution in [3.8, 4) is 5.75 Å². The Labute approximate surface area is 142 Å². The molecule has 1 rings (SSSR count). The highest BCUT2D eigenvalue weighted by Gasteiger charge is 2.24. The third-order valence-electron chi connectivity index (χ3n) is 3.59. The van der Waals surface area contributed by atoms with E-state index in [1.165, 1.54) is 5.56 Å². The number of hydrogen-bond acceptors (Lipinski definition) is 6. The summed E-state index contributed by atoms with van der Waals surface area (Å²) in [5.41, 5.74) is 1.24. The fourth-order valence-corrected chi connectivity index (χ4v) is 1.92. The molecule has 0 heterocycles. The smallest absolute Gasteiger partial charge is 0.420 e. The standard InChI is InChI=1S/C17H25NO6/c1-6-12(2)14-7-9-15(10-8-14)24-13(3)23-11-18(16(19)21-4)17(20)22-5/h7-10,12-13H,6,11H2,1-5H3. The Morgan fingerprint density at radius 1 is 1.04 bits per heavy atom. The first-order valence-electron chi connectivity index (χ1n) is 7.74. The SMILES string of the molecule is CCC(C)c1ccc(OC(C)OCN(C(=O)OC)C(=O)OC)cc1. The van der Waals surface area contributed by atoms with E-state index in [1.807, 2.05) is 24.3 Å². The van der Waals surface area contributed by atoms with Crippen molar-refractivity contribution in [2.75, 3.05) is 21.0 Å². The zero-order valence-corrected chi connectivity index (χ0v) is 14.8. The van der Waals surface area contributed by atoms with E-state index >= 15 is 0 Å². The fourth-order valence-electron chi connectivity index (χ4n) is 1.92. The fraction of sp³-hybridized carbons (Fsp3) is 0.529. The van der Waals surface area contributed by atoms with Crippen molar-refractivity contribution in [2.24, 2.45) is 0 Å². The maximum Gasteiger partial charge on any atom is 0.420 e. The van der Waals surface area contributed by atoms with Crippen molar-refractivity contribution >= 4 is 12.2 Å². The van der Waals surface area contributed by atoms with Crippen LogP contribution in [0.3, 0.4) is 0 Å². The third kappa shape index (κ3) is 5.73. The Bertz CT molecular complexity index is 514. The summed E-state index contributed by atoms with van der Waals surface area (Å²) in [7, 11) is 2.33. The normalized spacial score (nSPS) is 12.9. The largest absolute Gasteiger partial charge is 0.465 e. The van der Waals surface area contributed by atoms with Crippen molar-refractivity contribution < 1.29 is 28.5 Å². The molecule has 2 unspecified atom stereocenters. The molecule has 0 fully saturated rings. The second-order valence-corrected chi connectivity index (χ2v) is 5.23. The van der Waals surface area contributed by atoms with Gasteiger partial charge in [0.05, 0.1) is 14.2 Å². The van der Waals surface area contributed by atoms with E-state index in [2.05, 4.69) is 23.3 Å². The summed E-state index contributed by atoms with van der Waals surface area (Å²) in [5, 5.41) is 0. The second kappa shape index (κ2) is 9.77. The average Bonchev–Trinajstić information content (AvgIpc) is 2.61. The van der Waals surface area contributed by atoms with Gasteiger partial charge in [0.1, 0.15) is 12.5 Å². The van der Waals surface area contributed by atoms with Crippen molar-refractivity contribution in [2.45, 2.75) is 39.4 Å². The monoisotopic (exact) mass is 339 g/mol. The number of benzene rings is 1. The number of amides is 2. The van der Waals surface area contributed by atoms with Crippen molar-refractivity contribution in [1.82, 2.24) is 4.90 Å². The highest BCUT2D eigenvalue weighted by Crippen LogP contribution is 2.22. The molecule has 24 heavy (non-hydrogen) atoms. The van der Waals surface area contributed by atoms with Gasteiger partial charge in [-0.15, -0.1) is 0 Å². The van der Waals surface area contributed by atoms with E-state index in [4.69, 9.17) is 9.47 Å². The van der Waals surface area contributed by atoms with Crippen LogP contribution in [0.15, 0.2) is 24.3 Å². The summed E-state index contributed by atoms with van der Waals surface area (Å²) in [5.74, 6) is 1.12. The molecule has 7 nitrogen and oxygen atoms in total. The Morgan fingerprint density at radius 3 is 2.04 bits per heavy atom. The van der Waals surface area contributed by atoms with E-state index < -0.39 is 18.5 Å². The lowest BCUT2D eigenvalue weighted by atomic mass is 9.99. The van der Waals surface area contributed by atoms with Gasteiger partial charge in [-0.1, -0.05) is 26.0 Å². The summed E-state index contributed by atoms with van der Waals surface area (Å²) in [6, 6.07) is 7.73. The van der Waals surface area contributed by atoms with Gasteiger partial charge < -0.3 is 18.9 Å². The van der Waals surface area contributed by atoms with Gasteiger partial charge in [0.25, 0.3) is 0 Å². The summed E-state index contributed by atoms with van der Waals surface area (Å²) >= 11 is 0. The van der Waals surface area contributed by atoms with Crippen LogP contribution in [0.25, 0.3) is 0 Å². The van der Waals surface area contributed by atoms with Crippen LogP contribution >= 0.6 is 0 Å². The van der Waals surface area contributed by atoms with Crippen LogP contribution in [0, 0.1) is 0 Å². The van der Waals surface area contributed by atoms with Crippen LogP contribution in [0.1, 0.15) is 38.7 Å².